The Morgan fingerprint density at radius 3 is 2.50 bits per heavy atom. The van der Waals surface area contributed by atoms with Crippen LogP contribution in [0.25, 0.3) is 0 Å². The summed E-state index contributed by atoms with van der Waals surface area (Å²) < 4.78 is 21.3. The molecule has 1 rings (SSSR count). The molecule has 0 aromatic carbocycles. The second kappa shape index (κ2) is 5.28. The van der Waals surface area contributed by atoms with Gasteiger partial charge in [-0.05, 0) is 26.8 Å². The molecule has 0 aromatic rings. The number of rotatable bonds is 3. The van der Waals surface area contributed by atoms with Crippen molar-refractivity contribution in [3.05, 3.63) is 11.8 Å². The van der Waals surface area contributed by atoms with Gasteiger partial charge >= 0.3 is 5.97 Å². The van der Waals surface area contributed by atoms with Gasteiger partial charge < -0.3 is 18.9 Å². The molecular formula is C13H22O5. The van der Waals surface area contributed by atoms with Gasteiger partial charge in [-0.25, -0.2) is 4.79 Å². The number of hydrogen-bond donors (Lipinski definition) is 0. The van der Waals surface area contributed by atoms with Crippen LogP contribution in [0.3, 0.4) is 0 Å². The predicted molar refractivity (Wildman–Crippen MR) is 65.8 cm³/mol. The van der Waals surface area contributed by atoms with Gasteiger partial charge in [-0.2, -0.15) is 0 Å². The number of esters is 1. The lowest BCUT2D eigenvalue weighted by molar-refractivity contribution is -0.223. The van der Waals surface area contributed by atoms with Crippen molar-refractivity contribution < 1.29 is 23.7 Å². The van der Waals surface area contributed by atoms with Crippen LogP contribution in [0.1, 0.15) is 34.1 Å². The smallest absolute Gasteiger partial charge is 0.373 e. The maximum Gasteiger partial charge on any atom is 0.373 e. The van der Waals surface area contributed by atoms with Crippen molar-refractivity contribution in [2.45, 2.75) is 51.6 Å². The minimum Gasteiger partial charge on any atom is -0.463 e. The maximum absolute atomic E-state index is 11.6. The predicted octanol–water partition coefficient (Wildman–Crippen LogP) is 2.01. The van der Waals surface area contributed by atoms with Gasteiger partial charge in [-0.1, -0.05) is 0 Å². The van der Waals surface area contributed by atoms with Crippen LogP contribution in [0.4, 0.5) is 0 Å². The third-order valence-corrected chi connectivity index (χ3v) is 2.56. The summed E-state index contributed by atoms with van der Waals surface area (Å²) in [4.78, 5) is 11.6. The largest absolute Gasteiger partial charge is 0.463 e. The highest BCUT2D eigenvalue weighted by atomic mass is 16.7. The lowest BCUT2D eigenvalue weighted by Crippen LogP contribution is -2.42. The molecule has 0 radical (unpaired) electrons. The Kier molecular flexibility index (Phi) is 4.40. The fourth-order valence-electron chi connectivity index (χ4n) is 1.77. The molecule has 0 amide bonds. The van der Waals surface area contributed by atoms with Crippen LogP contribution in [0.15, 0.2) is 11.8 Å². The zero-order valence-electron chi connectivity index (χ0n) is 11.9. The highest BCUT2D eigenvalue weighted by Gasteiger charge is 2.38. The van der Waals surface area contributed by atoms with Crippen LogP contribution < -0.4 is 0 Å². The van der Waals surface area contributed by atoms with Gasteiger partial charge in [0.15, 0.2) is 0 Å². The van der Waals surface area contributed by atoms with E-state index in [9.17, 15) is 4.79 Å². The lowest BCUT2D eigenvalue weighted by Gasteiger charge is -2.38. The molecule has 18 heavy (non-hydrogen) atoms. The third kappa shape index (κ3) is 3.99. The molecule has 0 bridgehead atoms. The molecule has 1 aliphatic heterocycles. The number of methoxy groups -OCH3 is 2. The van der Waals surface area contributed by atoms with E-state index in [1.54, 1.807) is 13.0 Å². The van der Waals surface area contributed by atoms with E-state index in [0.29, 0.717) is 6.42 Å². The molecule has 1 heterocycles. The van der Waals surface area contributed by atoms with Crippen LogP contribution in [-0.2, 0) is 23.7 Å². The van der Waals surface area contributed by atoms with Crippen molar-refractivity contribution in [3.63, 3.8) is 0 Å². The van der Waals surface area contributed by atoms with Crippen LogP contribution >= 0.6 is 0 Å². The topological polar surface area (TPSA) is 54.0 Å². The molecule has 5 nitrogen and oxygen atoms in total. The van der Waals surface area contributed by atoms with Crippen LogP contribution in [0.2, 0.25) is 0 Å². The first-order chi connectivity index (χ1) is 8.19. The van der Waals surface area contributed by atoms with Crippen molar-refractivity contribution >= 4 is 5.97 Å². The van der Waals surface area contributed by atoms with Crippen molar-refractivity contribution in [2.24, 2.45) is 0 Å². The fraction of sp³-hybridized carbons (Fsp3) is 0.769. The Balaban J connectivity index is 2.93. The molecular weight excluding hydrogens is 236 g/mol. The normalized spacial score (nSPS) is 28.3. The Labute approximate surface area is 108 Å². The van der Waals surface area contributed by atoms with Crippen molar-refractivity contribution in [1.29, 1.82) is 0 Å². The van der Waals surface area contributed by atoms with Gasteiger partial charge in [-0.3, -0.25) is 0 Å². The highest BCUT2D eigenvalue weighted by molar-refractivity contribution is 5.86. The number of ether oxygens (including phenoxy) is 4. The van der Waals surface area contributed by atoms with Gasteiger partial charge in [0, 0.05) is 20.5 Å². The van der Waals surface area contributed by atoms with Gasteiger partial charge in [0.2, 0.25) is 11.5 Å². The molecule has 0 saturated heterocycles. The molecule has 0 unspecified atom stereocenters. The van der Waals surface area contributed by atoms with Crippen LogP contribution in [0, 0.1) is 0 Å². The van der Waals surface area contributed by atoms with E-state index in [1.807, 2.05) is 20.8 Å². The first kappa shape index (κ1) is 15.0. The van der Waals surface area contributed by atoms with Gasteiger partial charge in [-0.15, -0.1) is 0 Å². The average molecular weight is 258 g/mol. The van der Waals surface area contributed by atoms with Gasteiger partial charge in [0.1, 0.15) is 0 Å². The zero-order chi connectivity index (χ0) is 14.0. The quantitative estimate of drug-likeness (QED) is 0.725. The summed E-state index contributed by atoms with van der Waals surface area (Å²) in [6.07, 6.45) is 1.90. The Bertz CT molecular complexity index is 342. The molecule has 0 N–H and O–H groups in total. The molecule has 1 aliphatic rings. The van der Waals surface area contributed by atoms with E-state index in [-0.39, 0.29) is 17.5 Å². The summed E-state index contributed by atoms with van der Waals surface area (Å²) in [5.41, 5.74) is -0.311. The van der Waals surface area contributed by atoms with E-state index in [1.165, 1.54) is 14.2 Å². The summed E-state index contributed by atoms with van der Waals surface area (Å²) in [6.45, 7) is 7.64. The highest BCUT2D eigenvalue weighted by Crippen LogP contribution is 2.31. The van der Waals surface area contributed by atoms with E-state index >= 15 is 0 Å². The summed E-state index contributed by atoms with van der Waals surface area (Å²) in [5, 5.41) is 0. The Morgan fingerprint density at radius 1 is 1.44 bits per heavy atom. The Morgan fingerprint density at radius 2 is 2.06 bits per heavy atom. The van der Waals surface area contributed by atoms with Crippen molar-refractivity contribution in [1.82, 2.24) is 0 Å². The molecule has 0 aromatic heterocycles. The second-order valence-corrected chi connectivity index (χ2v) is 5.44. The summed E-state index contributed by atoms with van der Waals surface area (Å²) in [7, 11) is 2.85. The number of carbonyl (C=O) groups is 1. The minimum atomic E-state index is -0.881. The molecule has 0 saturated carbocycles. The second-order valence-electron chi connectivity index (χ2n) is 5.44. The summed E-state index contributed by atoms with van der Waals surface area (Å²) in [5.74, 6) is -1.28. The van der Waals surface area contributed by atoms with E-state index in [4.69, 9.17) is 14.2 Å². The van der Waals surface area contributed by atoms with Crippen molar-refractivity contribution in [2.75, 3.05) is 14.2 Å². The summed E-state index contributed by atoms with van der Waals surface area (Å²) >= 11 is 0. The standard InChI is InChI=1S/C13H22O5/c1-12(2,3)17-9-7-10(11(14)15-5)18-13(4,8-9)16-6/h7,9H,8H2,1-6H3/t9-,13-/m0/s1. The number of carbonyl (C=O) groups excluding carboxylic acids is 1. The van der Waals surface area contributed by atoms with E-state index < -0.39 is 11.8 Å². The minimum absolute atomic E-state index is 0.127. The first-order valence-electron chi connectivity index (χ1n) is 5.91. The SMILES string of the molecule is COC(=O)C1=C[C@H](OC(C)(C)C)C[C@@](C)(OC)O1. The van der Waals surface area contributed by atoms with Crippen molar-refractivity contribution in [3.8, 4) is 0 Å². The Hall–Kier alpha value is -1.07. The van der Waals surface area contributed by atoms with Crippen LogP contribution in [0.5, 0.6) is 0 Å². The zero-order valence-corrected chi connectivity index (χ0v) is 11.9. The molecule has 0 fully saturated rings. The average Bonchev–Trinajstić information content (AvgIpc) is 2.25. The van der Waals surface area contributed by atoms with Gasteiger partial charge in [0.05, 0.1) is 18.8 Å². The van der Waals surface area contributed by atoms with Crippen LogP contribution in [-0.4, -0.2) is 37.7 Å². The van der Waals surface area contributed by atoms with E-state index in [0.717, 1.165) is 0 Å². The fourth-order valence-corrected chi connectivity index (χ4v) is 1.77. The molecule has 5 heteroatoms. The molecule has 0 spiro atoms. The number of hydrogen-bond acceptors (Lipinski definition) is 5. The first-order valence-corrected chi connectivity index (χ1v) is 5.91. The monoisotopic (exact) mass is 258 g/mol. The summed E-state index contributed by atoms with van der Waals surface area (Å²) in [6, 6.07) is 0. The third-order valence-electron chi connectivity index (χ3n) is 2.56. The lowest BCUT2D eigenvalue weighted by atomic mass is 10.0. The van der Waals surface area contributed by atoms with Gasteiger partial charge in [0.25, 0.3) is 0 Å². The molecule has 2 atom stereocenters. The van der Waals surface area contributed by atoms with E-state index in [2.05, 4.69) is 4.74 Å². The molecule has 0 aliphatic carbocycles. The maximum atomic E-state index is 11.6. The molecule has 104 valence electrons.